The van der Waals surface area contributed by atoms with Crippen molar-refractivity contribution >= 4 is 45.5 Å². The van der Waals surface area contributed by atoms with Crippen molar-refractivity contribution in [3.8, 4) is 5.75 Å². The Morgan fingerprint density at radius 1 is 0.844 bits per heavy atom. The number of carbonyl (C=O) groups is 4. The van der Waals surface area contributed by atoms with Crippen molar-refractivity contribution in [2.45, 2.75) is 25.7 Å². The zero-order valence-corrected chi connectivity index (χ0v) is 24.9. The second-order valence-corrected chi connectivity index (χ2v) is 12.6. The maximum atomic E-state index is 14.3. The van der Waals surface area contributed by atoms with Crippen LogP contribution in [0.25, 0.3) is 10.8 Å². The first-order valence-electron chi connectivity index (χ1n) is 15.5. The Morgan fingerprint density at radius 3 is 2.36 bits per heavy atom. The number of phenolic OH excluding ortho intramolecular Hbond substituents is 1. The van der Waals surface area contributed by atoms with Crippen molar-refractivity contribution in [2.75, 3.05) is 36.1 Å². The molecule has 3 aromatic carbocycles. The van der Waals surface area contributed by atoms with E-state index in [0.29, 0.717) is 47.6 Å². The highest BCUT2D eigenvalue weighted by atomic mass is 16.5. The molecule has 8 nitrogen and oxygen atoms in total. The summed E-state index contributed by atoms with van der Waals surface area (Å²) in [6.45, 7) is 4.52. The van der Waals surface area contributed by atoms with E-state index in [1.807, 2.05) is 60.7 Å². The summed E-state index contributed by atoms with van der Waals surface area (Å²) in [5, 5.41) is 13.0. The molecule has 2 aliphatic heterocycles. The molecule has 8 rings (SSSR count). The third-order valence-corrected chi connectivity index (χ3v) is 10.3. The topological polar surface area (TPSA) is 104 Å². The highest BCUT2D eigenvalue weighted by molar-refractivity contribution is 6.25. The molecule has 0 spiro atoms. The number of aromatic hydroxyl groups is 1. The van der Waals surface area contributed by atoms with E-state index >= 15 is 0 Å². The van der Waals surface area contributed by atoms with Crippen LogP contribution in [0.3, 0.4) is 0 Å². The molecule has 3 aliphatic carbocycles. The largest absolute Gasteiger partial charge is 0.508 e. The number of hydrogen-bond acceptors (Lipinski definition) is 7. The fraction of sp³-hybridized carbons (Fsp3) is 0.297. The molecule has 0 radical (unpaired) electrons. The molecule has 0 aromatic heterocycles. The van der Waals surface area contributed by atoms with Gasteiger partial charge in [0.25, 0.3) is 0 Å². The van der Waals surface area contributed by atoms with Gasteiger partial charge in [-0.15, -0.1) is 0 Å². The Bertz CT molecular complexity index is 1910. The molecular weight excluding hydrogens is 568 g/mol. The van der Waals surface area contributed by atoms with Crippen molar-refractivity contribution in [2.24, 2.45) is 17.8 Å². The van der Waals surface area contributed by atoms with Crippen LogP contribution in [0.5, 0.6) is 5.75 Å². The van der Waals surface area contributed by atoms with Crippen LogP contribution in [0.15, 0.2) is 95.1 Å². The normalized spacial score (nSPS) is 26.5. The number of ketones is 2. The maximum Gasteiger partial charge on any atom is 0.238 e. The number of ether oxygens (including phenoxy) is 1. The number of imide groups is 1. The van der Waals surface area contributed by atoms with Crippen LogP contribution in [0.1, 0.15) is 31.2 Å². The molecule has 2 saturated heterocycles. The molecular formula is C37H32N2O6. The zero-order chi connectivity index (χ0) is 31.0. The van der Waals surface area contributed by atoms with Crippen LogP contribution in [-0.4, -0.2) is 54.8 Å². The summed E-state index contributed by atoms with van der Waals surface area (Å²) in [6.07, 6.45) is 3.90. The number of rotatable bonds is 3. The zero-order valence-electron chi connectivity index (χ0n) is 24.9. The standard InChI is InChI=1S/C37H32N2O6/c1-20-18-30(41)28-19-27-25(33(34(28)35(20)42)32-24-5-3-2-4-21(24)6-13-29(32)40)11-12-26-31(27)37(44)39(36(26)43)23-9-7-22(8-10-23)38-14-16-45-17-15-38/h2-11,13,18,26-27,31,33,40H,12,14-17,19H2,1H3/t26-,27+,31-,33+/m0/s1. The number of anilines is 2. The van der Waals surface area contributed by atoms with E-state index in [0.717, 1.165) is 35.1 Å². The van der Waals surface area contributed by atoms with Gasteiger partial charge in [0.05, 0.1) is 30.7 Å². The lowest BCUT2D eigenvalue weighted by atomic mass is 9.59. The number of Topliss-reactive ketones (excluding diaryl/α,β-unsaturated/α-hetero) is 1. The van der Waals surface area contributed by atoms with Crippen molar-refractivity contribution in [1.82, 2.24) is 0 Å². The summed E-state index contributed by atoms with van der Waals surface area (Å²) < 4.78 is 5.46. The molecule has 0 bridgehead atoms. The van der Waals surface area contributed by atoms with Gasteiger partial charge in [-0.2, -0.15) is 0 Å². The molecule has 2 heterocycles. The predicted molar refractivity (Wildman–Crippen MR) is 169 cm³/mol. The average molecular weight is 601 g/mol. The van der Waals surface area contributed by atoms with Crippen LogP contribution < -0.4 is 9.80 Å². The van der Waals surface area contributed by atoms with E-state index in [4.69, 9.17) is 4.74 Å². The molecule has 226 valence electrons. The van der Waals surface area contributed by atoms with Gasteiger partial charge in [0, 0.05) is 47.0 Å². The fourth-order valence-corrected chi connectivity index (χ4v) is 8.17. The SMILES string of the molecule is CC1=CC(=O)C2=C(C1=O)[C@@H](c1c(O)ccc3ccccc13)C1=CC[C@@H]3C(=O)N(c4ccc(N5CCOCC5)cc4)C(=O)[C@@H]3[C@@H]1C2. The number of allylic oxidation sites excluding steroid dienone is 6. The number of benzene rings is 3. The highest BCUT2D eigenvalue weighted by Gasteiger charge is 2.57. The number of morpholine rings is 1. The van der Waals surface area contributed by atoms with Crippen molar-refractivity contribution in [3.63, 3.8) is 0 Å². The number of carbonyl (C=O) groups excluding carboxylic acids is 4. The Balaban J connectivity index is 1.22. The summed E-state index contributed by atoms with van der Waals surface area (Å²) in [4.78, 5) is 59.1. The minimum absolute atomic E-state index is 0.0255. The van der Waals surface area contributed by atoms with Gasteiger partial charge in [-0.3, -0.25) is 24.1 Å². The van der Waals surface area contributed by atoms with E-state index in [1.165, 1.54) is 11.0 Å². The minimum Gasteiger partial charge on any atom is -0.508 e. The van der Waals surface area contributed by atoms with E-state index < -0.39 is 23.7 Å². The lowest BCUT2D eigenvalue weighted by molar-refractivity contribution is -0.123. The molecule has 4 atom stereocenters. The number of nitrogens with zero attached hydrogens (tertiary/aromatic N) is 2. The van der Waals surface area contributed by atoms with Gasteiger partial charge in [0.1, 0.15) is 5.75 Å². The predicted octanol–water partition coefficient (Wildman–Crippen LogP) is 5.02. The quantitative estimate of drug-likeness (QED) is 0.256. The molecule has 0 unspecified atom stereocenters. The van der Waals surface area contributed by atoms with Gasteiger partial charge in [0.15, 0.2) is 11.6 Å². The van der Waals surface area contributed by atoms with E-state index in [2.05, 4.69) is 4.90 Å². The summed E-state index contributed by atoms with van der Waals surface area (Å²) >= 11 is 0. The lowest BCUT2D eigenvalue weighted by Gasteiger charge is -2.42. The van der Waals surface area contributed by atoms with Crippen LogP contribution in [-0.2, 0) is 23.9 Å². The first kappa shape index (κ1) is 27.7. The van der Waals surface area contributed by atoms with E-state index in [-0.39, 0.29) is 35.6 Å². The molecule has 45 heavy (non-hydrogen) atoms. The summed E-state index contributed by atoms with van der Waals surface area (Å²) in [7, 11) is 0. The van der Waals surface area contributed by atoms with Crippen molar-refractivity contribution < 1.29 is 29.0 Å². The van der Waals surface area contributed by atoms with Crippen LogP contribution in [0.4, 0.5) is 11.4 Å². The Labute approximate surface area is 260 Å². The molecule has 8 heteroatoms. The van der Waals surface area contributed by atoms with Crippen LogP contribution in [0, 0.1) is 17.8 Å². The monoisotopic (exact) mass is 600 g/mol. The van der Waals surface area contributed by atoms with Crippen LogP contribution >= 0.6 is 0 Å². The average Bonchev–Trinajstić information content (AvgIpc) is 3.32. The first-order valence-corrected chi connectivity index (χ1v) is 15.5. The van der Waals surface area contributed by atoms with Gasteiger partial charge in [-0.25, -0.2) is 0 Å². The fourth-order valence-electron chi connectivity index (χ4n) is 8.17. The molecule has 0 saturated carbocycles. The van der Waals surface area contributed by atoms with Gasteiger partial charge >= 0.3 is 0 Å². The third kappa shape index (κ3) is 4.15. The summed E-state index contributed by atoms with van der Waals surface area (Å²) in [5.74, 6) is -3.41. The number of phenols is 1. The van der Waals surface area contributed by atoms with Gasteiger partial charge < -0.3 is 14.7 Å². The van der Waals surface area contributed by atoms with Crippen molar-refractivity contribution in [1.29, 1.82) is 0 Å². The molecule has 3 aromatic rings. The smallest absolute Gasteiger partial charge is 0.238 e. The third-order valence-electron chi connectivity index (χ3n) is 10.3. The van der Waals surface area contributed by atoms with Gasteiger partial charge in [-0.05, 0) is 72.9 Å². The minimum atomic E-state index is -0.712. The van der Waals surface area contributed by atoms with Crippen LogP contribution in [0.2, 0.25) is 0 Å². The summed E-state index contributed by atoms with van der Waals surface area (Å²) in [6, 6.07) is 18.6. The highest BCUT2D eigenvalue weighted by Crippen LogP contribution is 2.57. The Morgan fingerprint density at radius 2 is 1.58 bits per heavy atom. The van der Waals surface area contributed by atoms with Crippen molar-refractivity contribution in [3.05, 3.63) is 101 Å². The molecule has 1 N–H and O–H groups in total. The second kappa shape index (κ2) is 10.4. The number of amides is 2. The molecule has 2 amide bonds. The second-order valence-electron chi connectivity index (χ2n) is 12.6. The van der Waals surface area contributed by atoms with E-state index in [1.54, 1.807) is 13.0 Å². The van der Waals surface area contributed by atoms with Gasteiger partial charge in [0.2, 0.25) is 11.8 Å². The Kier molecular flexibility index (Phi) is 6.39. The number of hydrogen-bond donors (Lipinski definition) is 1. The van der Waals surface area contributed by atoms with E-state index in [9.17, 15) is 24.3 Å². The Hall–Kier alpha value is -4.82. The molecule has 5 aliphatic rings. The van der Waals surface area contributed by atoms with Gasteiger partial charge in [-0.1, -0.05) is 42.0 Å². The maximum absolute atomic E-state index is 14.3. The number of fused-ring (bicyclic) bond motifs is 4. The summed E-state index contributed by atoms with van der Waals surface area (Å²) in [5.41, 5.74) is 4.02. The first-order chi connectivity index (χ1) is 21.8. The lowest BCUT2D eigenvalue weighted by Crippen LogP contribution is -2.40. The molecule has 2 fully saturated rings.